The molecule has 0 saturated heterocycles. The normalized spacial score (nSPS) is 17.4. The lowest BCUT2D eigenvalue weighted by Crippen LogP contribution is -2.80. The lowest BCUT2D eigenvalue weighted by molar-refractivity contribution is -0.494. The van der Waals surface area contributed by atoms with Gasteiger partial charge in [-0.1, -0.05) is 6.58 Å². The highest BCUT2D eigenvalue weighted by Gasteiger charge is 3.01. The third kappa shape index (κ3) is 4.98. The minimum atomic E-state index is -9.71. The van der Waals surface area contributed by atoms with Gasteiger partial charge in [0.2, 0.25) is 0 Å². The standard InChI is InChI=1S/C16H5F25O2/c1-3(2)4(42)43-13(32,11(28,29)12(30,31)16(39,40)41)10(26,27)9(24,25)8(22,23)7(20,21)6(18,19)5(17,14(33,34)35)15(36,37)38/h1H2,2H3. The number of rotatable bonds is 10. The molecule has 0 aliphatic rings. The summed E-state index contributed by atoms with van der Waals surface area (Å²) in [6.07, 6.45) is -25.5. The van der Waals surface area contributed by atoms with Crippen LogP contribution in [0.4, 0.5) is 110 Å². The van der Waals surface area contributed by atoms with Gasteiger partial charge >= 0.3 is 77.5 Å². The largest absolute Gasteiger partial charge is 0.460 e. The average molecular weight is 704 g/mol. The number of ether oxygens (including phenoxy) is 1. The molecule has 0 amide bonds. The summed E-state index contributed by atoms with van der Waals surface area (Å²) in [5, 5.41) is 0. The zero-order chi connectivity index (χ0) is 35.9. The molecule has 0 heterocycles. The summed E-state index contributed by atoms with van der Waals surface area (Å²) < 4.78 is 335. The number of carbonyl (C=O) groups excluding carboxylic acids is 1. The van der Waals surface area contributed by atoms with Crippen molar-refractivity contribution < 1.29 is 119 Å². The molecule has 0 rings (SSSR count). The van der Waals surface area contributed by atoms with Gasteiger partial charge in [-0.15, -0.1) is 0 Å². The molecule has 43 heavy (non-hydrogen) atoms. The maximum Gasteiger partial charge on any atom is 0.460 e. The molecule has 0 radical (unpaired) electrons. The van der Waals surface area contributed by atoms with Crippen LogP contribution >= 0.6 is 0 Å². The first kappa shape index (κ1) is 40.5. The lowest BCUT2D eigenvalue weighted by Gasteiger charge is -2.47. The summed E-state index contributed by atoms with van der Waals surface area (Å²) in [5.74, 6) is -78.1. The molecule has 0 N–H and O–H groups in total. The van der Waals surface area contributed by atoms with Crippen LogP contribution in [-0.4, -0.2) is 77.5 Å². The highest BCUT2D eigenvalue weighted by molar-refractivity contribution is 5.87. The fourth-order valence-corrected chi connectivity index (χ4v) is 2.45. The van der Waals surface area contributed by atoms with Gasteiger partial charge in [0.15, 0.2) is 0 Å². The van der Waals surface area contributed by atoms with E-state index < -0.39 is 83.1 Å². The van der Waals surface area contributed by atoms with Gasteiger partial charge in [-0.25, -0.2) is 9.18 Å². The lowest BCUT2D eigenvalue weighted by atomic mass is 9.82. The predicted molar refractivity (Wildman–Crippen MR) is 81.4 cm³/mol. The molecule has 0 bridgehead atoms. The van der Waals surface area contributed by atoms with Crippen LogP contribution in [0, 0.1) is 0 Å². The molecular formula is C16H5F25O2. The smallest absolute Gasteiger partial charge is 0.413 e. The van der Waals surface area contributed by atoms with Gasteiger partial charge in [0.25, 0.3) is 0 Å². The monoisotopic (exact) mass is 704 g/mol. The van der Waals surface area contributed by atoms with Gasteiger partial charge in [-0.2, -0.15) is 105 Å². The molecule has 0 aliphatic carbocycles. The van der Waals surface area contributed by atoms with Crippen molar-refractivity contribution in [3.63, 3.8) is 0 Å². The molecule has 0 aliphatic heterocycles. The predicted octanol–water partition coefficient (Wildman–Crippen LogP) is 8.61. The third-order valence-corrected chi connectivity index (χ3v) is 4.93. The Hall–Kier alpha value is -2.54. The Labute approximate surface area is 217 Å². The Morgan fingerprint density at radius 2 is 0.674 bits per heavy atom. The van der Waals surface area contributed by atoms with Crippen LogP contribution in [0.1, 0.15) is 6.92 Å². The second kappa shape index (κ2) is 9.98. The van der Waals surface area contributed by atoms with Crippen LogP contribution in [0.15, 0.2) is 12.2 Å². The maximum atomic E-state index is 14.7. The molecule has 2 nitrogen and oxygen atoms in total. The Morgan fingerprint density at radius 1 is 0.419 bits per heavy atom. The number of hydrogen-bond acceptors (Lipinski definition) is 2. The summed E-state index contributed by atoms with van der Waals surface area (Å²) in [6, 6.07) is 0. The van der Waals surface area contributed by atoms with Crippen LogP contribution in [0.3, 0.4) is 0 Å². The van der Waals surface area contributed by atoms with E-state index in [0.29, 0.717) is 0 Å². The van der Waals surface area contributed by atoms with Gasteiger partial charge in [0.05, 0.1) is 0 Å². The van der Waals surface area contributed by atoms with E-state index >= 15 is 0 Å². The minimum Gasteiger partial charge on any atom is -0.413 e. The Kier molecular flexibility index (Phi) is 9.39. The summed E-state index contributed by atoms with van der Waals surface area (Å²) in [5.41, 5.74) is -11.2. The van der Waals surface area contributed by atoms with Gasteiger partial charge < -0.3 is 4.74 Å². The Morgan fingerprint density at radius 3 is 0.930 bits per heavy atom. The second-order valence-corrected chi connectivity index (χ2v) is 7.94. The molecule has 1 atom stereocenters. The SMILES string of the molecule is C=C(C)C(=O)OC(F)(C(F)(F)C(F)(F)C(F)(F)F)C(F)(F)C(F)(F)C(F)(F)C(F)(F)C(F)(F)C(F)(C(F)(F)F)C(F)(F)F. The van der Waals surface area contributed by atoms with E-state index in [0.717, 1.165) is 0 Å². The summed E-state index contributed by atoms with van der Waals surface area (Å²) in [4.78, 5) is 11.2. The molecular weight excluding hydrogens is 699 g/mol. The first-order valence-electron chi connectivity index (χ1n) is 9.19. The third-order valence-electron chi connectivity index (χ3n) is 4.93. The van der Waals surface area contributed by atoms with Crippen molar-refractivity contribution in [2.75, 3.05) is 0 Å². The highest BCUT2D eigenvalue weighted by atomic mass is 19.4. The van der Waals surface area contributed by atoms with Crippen LogP contribution in [0.5, 0.6) is 0 Å². The van der Waals surface area contributed by atoms with E-state index in [1.165, 1.54) is 0 Å². The fourth-order valence-electron chi connectivity index (χ4n) is 2.45. The van der Waals surface area contributed by atoms with Crippen molar-refractivity contribution in [1.82, 2.24) is 0 Å². The van der Waals surface area contributed by atoms with Crippen LogP contribution in [0.25, 0.3) is 0 Å². The van der Waals surface area contributed by atoms with Crippen molar-refractivity contribution in [1.29, 1.82) is 0 Å². The molecule has 0 saturated carbocycles. The zero-order valence-corrected chi connectivity index (χ0v) is 19.0. The number of halogens is 25. The number of alkyl halides is 25. The van der Waals surface area contributed by atoms with Crippen molar-refractivity contribution in [3.05, 3.63) is 12.2 Å². The van der Waals surface area contributed by atoms with Gasteiger partial charge in [0.1, 0.15) is 0 Å². The molecule has 0 spiro atoms. The van der Waals surface area contributed by atoms with Crippen molar-refractivity contribution in [3.8, 4) is 0 Å². The highest BCUT2D eigenvalue weighted by Crippen LogP contribution is 2.68. The summed E-state index contributed by atoms with van der Waals surface area (Å²) >= 11 is 0. The van der Waals surface area contributed by atoms with Crippen LogP contribution in [-0.2, 0) is 9.53 Å². The van der Waals surface area contributed by atoms with E-state index in [1.807, 2.05) is 4.74 Å². The summed E-state index contributed by atoms with van der Waals surface area (Å²) in [6.45, 7) is 2.01. The number of esters is 1. The quantitative estimate of drug-likeness (QED) is 0.129. The van der Waals surface area contributed by atoms with Gasteiger partial charge in [0, 0.05) is 5.57 Å². The van der Waals surface area contributed by atoms with Crippen molar-refractivity contribution in [2.45, 2.75) is 78.4 Å². The van der Waals surface area contributed by atoms with E-state index in [2.05, 4.69) is 6.58 Å². The first-order valence-corrected chi connectivity index (χ1v) is 9.19. The van der Waals surface area contributed by atoms with E-state index in [-0.39, 0.29) is 6.92 Å². The molecule has 256 valence electrons. The van der Waals surface area contributed by atoms with Crippen molar-refractivity contribution >= 4 is 5.97 Å². The molecule has 0 aromatic rings. The average Bonchev–Trinajstić information content (AvgIpc) is 2.74. The molecule has 0 aromatic carbocycles. The molecule has 0 fully saturated rings. The van der Waals surface area contributed by atoms with Crippen molar-refractivity contribution in [2.24, 2.45) is 0 Å². The minimum absolute atomic E-state index is 0.114. The topological polar surface area (TPSA) is 26.3 Å². The summed E-state index contributed by atoms with van der Waals surface area (Å²) in [7, 11) is 0. The molecule has 1 unspecified atom stereocenters. The molecule has 0 aromatic heterocycles. The number of hydrogen-bond donors (Lipinski definition) is 0. The first-order chi connectivity index (χ1) is 18.1. The van der Waals surface area contributed by atoms with Crippen LogP contribution in [0.2, 0.25) is 0 Å². The second-order valence-electron chi connectivity index (χ2n) is 7.94. The zero-order valence-electron chi connectivity index (χ0n) is 19.0. The van der Waals surface area contributed by atoms with Crippen LogP contribution < -0.4 is 0 Å². The van der Waals surface area contributed by atoms with E-state index in [1.54, 1.807) is 0 Å². The Bertz CT molecular complexity index is 1060. The number of carbonyl (C=O) groups is 1. The van der Waals surface area contributed by atoms with Gasteiger partial charge in [-0.05, 0) is 6.92 Å². The Balaban J connectivity index is 7.98. The van der Waals surface area contributed by atoms with E-state index in [9.17, 15) is 115 Å². The van der Waals surface area contributed by atoms with E-state index in [4.69, 9.17) is 0 Å². The van der Waals surface area contributed by atoms with Gasteiger partial charge in [-0.3, -0.25) is 0 Å². The maximum absolute atomic E-state index is 14.7. The molecule has 27 heteroatoms. The fraction of sp³-hybridized carbons (Fsp3) is 0.812.